The van der Waals surface area contributed by atoms with Crippen LogP contribution in [0.1, 0.15) is 29.1 Å². The molecule has 21 heavy (non-hydrogen) atoms. The van der Waals surface area contributed by atoms with Gasteiger partial charge in [-0.15, -0.1) is 10.2 Å². The fourth-order valence-corrected chi connectivity index (χ4v) is 2.46. The van der Waals surface area contributed by atoms with Gasteiger partial charge in [-0.25, -0.2) is 0 Å². The quantitative estimate of drug-likeness (QED) is 0.698. The number of hydrogen-bond donors (Lipinski definition) is 1. The monoisotopic (exact) mass is 392 g/mol. The van der Waals surface area contributed by atoms with Crippen LogP contribution >= 0.6 is 22.6 Å². The summed E-state index contributed by atoms with van der Waals surface area (Å²) in [5.74, 6) is 0.594. The molecule has 1 N–H and O–H groups in total. The molecular formula is C15H13IN4O. The van der Waals surface area contributed by atoms with Crippen molar-refractivity contribution in [3.8, 4) is 0 Å². The average molecular weight is 392 g/mol. The Balaban J connectivity index is 1.81. The van der Waals surface area contributed by atoms with Crippen molar-refractivity contribution in [1.29, 1.82) is 0 Å². The number of benzene rings is 1. The number of fused-ring (bicyclic) bond motifs is 1. The van der Waals surface area contributed by atoms with Crippen LogP contribution in [-0.2, 0) is 0 Å². The molecule has 0 aliphatic heterocycles. The first-order valence-corrected chi connectivity index (χ1v) is 7.59. The van der Waals surface area contributed by atoms with E-state index >= 15 is 0 Å². The van der Waals surface area contributed by atoms with E-state index in [1.165, 1.54) is 0 Å². The molecule has 1 amide bonds. The summed E-state index contributed by atoms with van der Waals surface area (Å²) in [4.78, 5) is 12.2. The summed E-state index contributed by atoms with van der Waals surface area (Å²) < 4.78 is 2.97. The zero-order valence-electron chi connectivity index (χ0n) is 11.3. The van der Waals surface area contributed by atoms with Gasteiger partial charge in [-0.2, -0.15) is 0 Å². The van der Waals surface area contributed by atoms with Gasteiger partial charge in [-0.05, 0) is 65.9 Å². The van der Waals surface area contributed by atoms with E-state index < -0.39 is 0 Å². The van der Waals surface area contributed by atoms with Crippen molar-refractivity contribution in [2.75, 3.05) is 0 Å². The van der Waals surface area contributed by atoms with E-state index in [4.69, 9.17) is 0 Å². The van der Waals surface area contributed by atoms with E-state index in [0.29, 0.717) is 11.4 Å². The third kappa shape index (κ3) is 2.90. The number of pyridine rings is 1. The molecule has 6 heteroatoms. The van der Waals surface area contributed by atoms with Crippen LogP contribution in [0.2, 0.25) is 0 Å². The molecule has 106 valence electrons. The summed E-state index contributed by atoms with van der Waals surface area (Å²) in [6, 6.07) is 12.9. The fourth-order valence-electron chi connectivity index (χ4n) is 2.10. The van der Waals surface area contributed by atoms with E-state index in [9.17, 15) is 4.79 Å². The summed E-state index contributed by atoms with van der Waals surface area (Å²) in [7, 11) is 0. The number of carbonyl (C=O) groups is 1. The van der Waals surface area contributed by atoms with Gasteiger partial charge in [-0.1, -0.05) is 6.07 Å². The predicted octanol–water partition coefficient (Wildman–Crippen LogP) is 2.82. The maximum atomic E-state index is 12.2. The van der Waals surface area contributed by atoms with Crippen molar-refractivity contribution >= 4 is 34.1 Å². The molecule has 1 aromatic carbocycles. The second-order valence-corrected chi connectivity index (χ2v) is 5.93. The highest BCUT2D eigenvalue weighted by molar-refractivity contribution is 14.1. The zero-order chi connectivity index (χ0) is 14.8. The molecule has 0 bridgehead atoms. The molecule has 2 heterocycles. The molecule has 0 fully saturated rings. The lowest BCUT2D eigenvalue weighted by atomic mass is 10.2. The third-order valence-corrected chi connectivity index (χ3v) is 3.90. The van der Waals surface area contributed by atoms with Crippen LogP contribution in [0, 0.1) is 3.57 Å². The first-order chi connectivity index (χ1) is 10.1. The standard InChI is InChI=1S/C15H13IN4O/c1-10(14-19-18-13-4-2-3-9-20(13)14)17-15(21)11-5-7-12(16)8-6-11/h2-10H,1H3,(H,17,21). The fraction of sp³-hybridized carbons (Fsp3) is 0.133. The molecule has 0 saturated heterocycles. The van der Waals surface area contributed by atoms with E-state index in [2.05, 4.69) is 38.1 Å². The minimum absolute atomic E-state index is 0.119. The number of hydrogen-bond acceptors (Lipinski definition) is 3. The van der Waals surface area contributed by atoms with Gasteiger partial charge in [0.1, 0.15) is 0 Å². The van der Waals surface area contributed by atoms with Crippen molar-refractivity contribution in [1.82, 2.24) is 19.9 Å². The van der Waals surface area contributed by atoms with Crippen molar-refractivity contribution in [3.63, 3.8) is 0 Å². The second kappa shape index (κ2) is 5.80. The van der Waals surface area contributed by atoms with Gasteiger partial charge < -0.3 is 5.32 Å². The maximum absolute atomic E-state index is 12.2. The van der Waals surface area contributed by atoms with Gasteiger partial charge in [0.25, 0.3) is 5.91 Å². The van der Waals surface area contributed by atoms with Crippen molar-refractivity contribution in [3.05, 3.63) is 63.6 Å². The molecule has 5 nitrogen and oxygen atoms in total. The van der Waals surface area contributed by atoms with Crippen LogP contribution in [0.4, 0.5) is 0 Å². The first-order valence-electron chi connectivity index (χ1n) is 6.51. The van der Waals surface area contributed by atoms with Gasteiger partial charge >= 0.3 is 0 Å². The molecule has 0 aliphatic carbocycles. The lowest BCUT2D eigenvalue weighted by Crippen LogP contribution is -2.27. The lowest BCUT2D eigenvalue weighted by molar-refractivity contribution is 0.0938. The SMILES string of the molecule is CC(NC(=O)c1ccc(I)cc1)c1nnc2ccccn12. The van der Waals surface area contributed by atoms with Crippen molar-refractivity contribution in [2.45, 2.75) is 13.0 Å². The maximum Gasteiger partial charge on any atom is 0.251 e. The van der Waals surface area contributed by atoms with Gasteiger partial charge in [0.2, 0.25) is 0 Å². The Morgan fingerprint density at radius 3 is 2.71 bits per heavy atom. The topological polar surface area (TPSA) is 59.3 Å². The van der Waals surface area contributed by atoms with E-state index in [-0.39, 0.29) is 11.9 Å². The van der Waals surface area contributed by atoms with Crippen LogP contribution in [0.15, 0.2) is 48.7 Å². The number of halogens is 1. The predicted molar refractivity (Wildman–Crippen MR) is 88.0 cm³/mol. The Hall–Kier alpha value is -1.96. The third-order valence-electron chi connectivity index (χ3n) is 3.18. The summed E-state index contributed by atoms with van der Waals surface area (Å²) in [5.41, 5.74) is 1.40. The second-order valence-electron chi connectivity index (χ2n) is 4.69. The van der Waals surface area contributed by atoms with Gasteiger partial charge in [0.05, 0.1) is 6.04 Å². The van der Waals surface area contributed by atoms with E-state index in [1.54, 1.807) is 0 Å². The largest absolute Gasteiger partial charge is 0.342 e. The normalized spacial score (nSPS) is 12.3. The number of amides is 1. The van der Waals surface area contributed by atoms with Crippen LogP contribution in [0.25, 0.3) is 5.65 Å². The zero-order valence-corrected chi connectivity index (χ0v) is 13.5. The van der Waals surface area contributed by atoms with E-state index in [1.807, 2.05) is 60.0 Å². The van der Waals surface area contributed by atoms with E-state index in [0.717, 1.165) is 9.22 Å². The Morgan fingerprint density at radius 1 is 1.19 bits per heavy atom. The highest BCUT2D eigenvalue weighted by Crippen LogP contribution is 2.13. The lowest BCUT2D eigenvalue weighted by Gasteiger charge is -2.12. The summed E-state index contributed by atoms with van der Waals surface area (Å²) in [6.45, 7) is 1.90. The molecule has 0 aliphatic rings. The molecule has 0 saturated carbocycles. The molecule has 1 unspecified atom stereocenters. The minimum atomic E-state index is -0.228. The van der Waals surface area contributed by atoms with Crippen molar-refractivity contribution in [2.24, 2.45) is 0 Å². The molecule has 0 spiro atoms. The average Bonchev–Trinajstić information content (AvgIpc) is 2.92. The van der Waals surface area contributed by atoms with Gasteiger partial charge in [-0.3, -0.25) is 9.20 Å². The highest BCUT2D eigenvalue weighted by atomic mass is 127. The Bertz CT molecular complexity index is 782. The Labute approximate surface area is 135 Å². The number of nitrogens with one attached hydrogen (secondary N) is 1. The Morgan fingerprint density at radius 2 is 1.95 bits per heavy atom. The minimum Gasteiger partial charge on any atom is -0.342 e. The number of carbonyl (C=O) groups excluding carboxylic acids is 1. The molecule has 3 aromatic rings. The molecular weight excluding hydrogens is 379 g/mol. The number of rotatable bonds is 3. The summed E-state index contributed by atoms with van der Waals surface area (Å²) in [6.07, 6.45) is 1.89. The molecule has 2 aromatic heterocycles. The van der Waals surface area contributed by atoms with Crippen LogP contribution in [0.5, 0.6) is 0 Å². The van der Waals surface area contributed by atoms with Gasteiger partial charge in [0, 0.05) is 15.3 Å². The first kappa shape index (κ1) is 14.0. The highest BCUT2D eigenvalue weighted by Gasteiger charge is 2.16. The summed E-state index contributed by atoms with van der Waals surface area (Å²) >= 11 is 2.21. The Kier molecular flexibility index (Phi) is 3.87. The number of nitrogens with zero attached hydrogens (tertiary/aromatic N) is 3. The number of aromatic nitrogens is 3. The van der Waals surface area contributed by atoms with Gasteiger partial charge in [0.15, 0.2) is 11.5 Å². The van der Waals surface area contributed by atoms with Crippen LogP contribution in [0.3, 0.4) is 0 Å². The molecule has 3 rings (SSSR count). The van der Waals surface area contributed by atoms with Crippen LogP contribution < -0.4 is 5.32 Å². The molecule has 1 atom stereocenters. The smallest absolute Gasteiger partial charge is 0.251 e. The molecule has 0 radical (unpaired) electrons. The van der Waals surface area contributed by atoms with Crippen molar-refractivity contribution < 1.29 is 4.79 Å². The summed E-state index contributed by atoms with van der Waals surface area (Å²) in [5, 5.41) is 11.2. The van der Waals surface area contributed by atoms with Crippen LogP contribution in [-0.4, -0.2) is 20.5 Å².